The van der Waals surface area contributed by atoms with Gasteiger partial charge in [0.15, 0.2) is 0 Å². The van der Waals surface area contributed by atoms with Crippen molar-refractivity contribution in [3.8, 4) is 0 Å². The first-order valence-electron chi connectivity index (χ1n) is 13.1. The zero-order valence-corrected chi connectivity index (χ0v) is 23.9. The third-order valence-corrected chi connectivity index (χ3v) is 9.03. The van der Waals surface area contributed by atoms with E-state index < -0.39 is 10.8 Å². The molecule has 5 rings (SSSR count). The first-order chi connectivity index (χ1) is 19.0. The number of ether oxygens (including phenoxy) is 1. The lowest BCUT2D eigenvalue weighted by Gasteiger charge is -2.36. The molecule has 2 heterocycles. The molecule has 2 fully saturated rings. The molecule has 0 aromatic heterocycles. The van der Waals surface area contributed by atoms with Crippen molar-refractivity contribution in [1.82, 2.24) is 10.2 Å². The standard InChI is InChI=1S/C30H31Cl2N3O3S/c31-23-12-10-22(11-13-23)28-30(39-26-8-2-1-3-9-26,21-27(36)35(28)25-7-4-6-24(32)20-25)29(37)33-14-5-15-34-16-18-38-19-17-34/h1-4,6-13,20,28H,5,14-19,21H2,(H,33,37). The van der Waals surface area contributed by atoms with Crippen LogP contribution in [0, 0.1) is 0 Å². The maximum Gasteiger partial charge on any atom is 0.239 e. The van der Waals surface area contributed by atoms with Crippen LogP contribution in [0.1, 0.15) is 24.4 Å². The Hall–Kier alpha value is -2.55. The first-order valence-corrected chi connectivity index (χ1v) is 14.7. The van der Waals surface area contributed by atoms with Gasteiger partial charge in [-0.2, -0.15) is 0 Å². The van der Waals surface area contributed by atoms with Crippen molar-refractivity contribution in [3.63, 3.8) is 0 Å². The van der Waals surface area contributed by atoms with Crippen LogP contribution >= 0.6 is 35.0 Å². The fourth-order valence-corrected chi connectivity index (χ4v) is 7.00. The molecule has 2 amide bonds. The number of carbonyl (C=O) groups is 2. The van der Waals surface area contributed by atoms with Gasteiger partial charge < -0.3 is 15.0 Å². The zero-order chi connectivity index (χ0) is 27.2. The molecule has 0 saturated carbocycles. The SMILES string of the molecule is O=C1CC(Sc2ccccc2)(C(=O)NCCCN2CCOCC2)C(c2ccc(Cl)cc2)N1c1cccc(Cl)c1. The van der Waals surface area contributed by atoms with Crippen LogP contribution in [-0.4, -0.2) is 60.9 Å². The molecule has 0 aliphatic carbocycles. The van der Waals surface area contributed by atoms with Gasteiger partial charge in [-0.05, 0) is 61.0 Å². The Kier molecular flexibility index (Phi) is 9.15. The molecule has 3 aromatic rings. The third-order valence-electron chi connectivity index (χ3n) is 7.12. The highest BCUT2D eigenvalue weighted by molar-refractivity contribution is 8.01. The number of morpholine rings is 1. The Balaban J connectivity index is 1.50. The lowest BCUT2D eigenvalue weighted by atomic mass is 9.91. The minimum atomic E-state index is -1.12. The second-order valence-corrected chi connectivity index (χ2v) is 12.0. The Bertz CT molecular complexity index is 1290. The highest BCUT2D eigenvalue weighted by Crippen LogP contribution is 2.54. The van der Waals surface area contributed by atoms with Crippen molar-refractivity contribution >= 4 is 52.5 Å². The summed E-state index contributed by atoms with van der Waals surface area (Å²) in [6, 6.07) is 23.8. The van der Waals surface area contributed by atoms with Gasteiger partial charge in [-0.15, -0.1) is 11.8 Å². The fourth-order valence-electron chi connectivity index (χ4n) is 5.26. The van der Waals surface area contributed by atoms with E-state index in [4.69, 9.17) is 27.9 Å². The molecule has 0 radical (unpaired) electrons. The molecule has 9 heteroatoms. The number of nitrogens with zero attached hydrogens (tertiary/aromatic N) is 2. The predicted molar refractivity (Wildman–Crippen MR) is 158 cm³/mol. The molecule has 1 N–H and O–H groups in total. The van der Waals surface area contributed by atoms with E-state index in [0.29, 0.717) is 22.3 Å². The fraction of sp³-hybridized carbons (Fsp3) is 0.333. The van der Waals surface area contributed by atoms with Gasteiger partial charge in [0.2, 0.25) is 11.8 Å². The van der Waals surface area contributed by atoms with Crippen LogP contribution in [0.15, 0.2) is 83.8 Å². The summed E-state index contributed by atoms with van der Waals surface area (Å²) in [4.78, 5) is 33.1. The number of amides is 2. The second kappa shape index (κ2) is 12.7. The minimum absolute atomic E-state index is 0.0433. The third kappa shape index (κ3) is 6.44. The van der Waals surface area contributed by atoms with Gasteiger partial charge in [-0.1, -0.05) is 59.6 Å². The van der Waals surface area contributed by atoms with E-state index in [1.54, 1.807) is 29.2 Å². The van der Waals surface area contributed by atoms with Gasteiger partial charge in [0, 0.05) is 40.3 Å². The number of carbonyl (C=O) groups excluding carboxylic acids is 2. The van der Waals surface area contributed by atoms with Crippen LogP contribution in [0.3, 0.4) is 0 Å². The Morgan fingerprint density at radius 1 is 0.974 bits per heavy atom. The minimum Gasteiger partial charge on any atom is -0.379 e. The molecule has 3 aromatic carbocycles. The van der Waals surface area contributed by atoms with Gasteiger partial charge in [-0.3, -0.25) is 14.5 Å². The van der Waals surface area contributed by atoms with E-state index in [2.05, 4.69) is 10.2 Å². The van der Waals surface area contributed by atoms with Crippen molar-refractivity contribution in [2.75, 3.05) is 44.3 Å². The monoisotopic (exact) mass is 583 g/mol. The largest absolute Gasteiger partial charge is 0.379 e. The van der Waals surface area contributed by atoms with Crippen molar-refractivity contribution in [1.29, 1.82) is 0 Å². The molecule has 2 saturated heterocycles. The van der Waals surface area contributed by atoms with Crippen LogP contribution in [0.4, 0.5) is 5.69 Å². The van der Waals surface area contributed by atoms with E-state index in [-0.39, 0.29) is 18.2 Å². The molecule has 6 nitrogen and oxygen atoms in total. The van der Waals surface area contributed by atoms with E-state index in [9.17, 15) is 9.59 Å². The van der Waals surface area contributed by atoms with E-state index in [0.717, 1.165) is 49.7 Å². The number of thioether (sulfide) groups is 1. The molecule has 0 spiro atoms. The highest BCUT2D eigenvalue weighted by Gasteiger charge is 2.58. The lowest BCUT2D eigenvalue weighted by molar-refractivity contribution is -0.125. The van der Waals surface area contributed by atoms with E-state index in [1.807, 2.05) is 54.6 Å². The molecule has 0 bridgehead atoms. The molecule has 2 aliphatic heterocycles. The molecular formula is C30H31Cl2N3O3S. The number of hydrogen-bond acceptors (Lipinski definition) is 5. The van der Waals surface area contributed by atoms with Crippen LogP contribution in [-0.2, 0) is 14.3 Å². The number of rotatable bonds is 9. The van der Waals surface area contributed by atoms with Crippen molar-refractivity contribution < 1.29 is 14.3 Å². The molecule has 2 aliphatic rings. The Morgan fingerprint density at radius 2 is 1.72 bits per heavy atom. The smallest absolute Gasteiger partial charge is 0.239 e. The number of nitrogens with one attached hydrogen (secondary N) is 1. The van der Waals surface area contributed by atoms with Gasteiger partial charge in [0.25, 0.3) is 0 Å². The summed E-state index contributed by atoms with van der Waals surface area (Å²) in [5.41, 5.74) is 1.49. The maximum absolute atomic E-state index is 14.3. The summed E-state index contributed by atoms with van der Waals surface area (Å²) in [5, 5.41) is 4.30. The van der Waals surface area contributed by atoms with Crippen LogP contribution in [0.25, 0.3) is 0 Å². The summed E-state index contributed by atoms with van der Waals surface area (Å²) in [7, 11) is 0. The molecule has 204 valence electrons. The van der Waals surface area contributed by atoms with E-state index >= 15 is 0 Å². The first kappa shape index (κ1) is 28.0. The summed E-state index contributed by atoms with van der Waals surface area (Å²) >= 11 is 14.0. The molecule has 2 unspecified atom stereocenters. The topological polar surface area (TPSA) is 61.9 Å². The van der Waals surface area contributed by atoms with Crippen molar-refractivity contribution in [2.45, 2.75) is 28.5 Å². The Morgan fingerprint density at radius 3 is 2.44 bits per heavy atom. The average Bonchev–Trinajstić information content (AvgIpc) is 3.25. The summed E-state index contributed by atoms with van der Waals surface area (Å²) in [5.74, 6) is -0.291. The predicted octanol–water partition coefficient (Wildman–Crippen LogP) is 5.84. The van der Waals surface area contributed by atoms with Crippen molar-refractivity contribution in [2.24, 2.45) is 0 Å². The summed E-state index contributed by atoms with van der Waals surface area (Å²) < 4.78 is 4.32. The van der Waals surface area contributed by atoms with Gasteiger partial charge in [-0.25, -0.2) is 0 Å². The number of hydrogen-bond donors (Lipinski definition) is 1. The summed E-state index contributed by atoms with van der Waals surface area (Å²) in [6.45, 7) is 4.70. The Labute approximate surface area is 243 Å². The number of benzene rings is 3. The summed E-state index contributed by atoms with van der Waals surface area (Å²) in [6.07, 6.45) is 0.858. The van der Waals surface area contributed by atoms with Gasteiger partial charge in [0.1, 0.15) is 4.75 Å². The highest BCUT2D eigenvalue weighted by atomic mass is 35.5. The van der Waals surface area contributed by atoms with Crippen molar-refractivity contribution in [3.05, 3.63) is 94.5 Å². The quantitative estimate of drug-likeness (QED) is 0.320. The molecular weight excluding hydrogens is 553 g/mol. The zero-order valence-electron chi connectivity index (χ0n) is 21.5. The van der Waals surface area contributed by atoms with Gasteiger partial charge >= 0.3 is 0 Å². The lowest BCUT2D eigenvalue weighted by Crippen LogP contribution is -2.49. The maximum atomic E-state index is 14.3. The van der Waals surface area contributed by atoms with E-state index in [1.165, 1.54) is 11.8 Å². The van der Waals surface area contributed by atoms with Crippen LogP contribution < -0.4 is 10.2 Å². The second-order valence-electron chi connectivity index (χ2n) is 9.74. The number of halogens is 2. The van der Waals surface area contributed by atoms with Crippen LogP contribution in [0.5, 0.6) is 0 Å². The molecule has 2 atom stereocenters. The molecule has 39 heavy (non-hydrogen) atoms. The number of anilines is 1. The van der Waals surface area contributed by atoms with Gasteiger partial charge in [0.05, 0.1) is 25.7 Å². The average molecular weight is 585 g/mol. The normalized spacial score (nSPS) is 21.7. The van der Waals surface area contributed by atoms with Crippen LogP contribution in [0.2, 0.25) is 10.0 Å².